The smallest absolute Gasteiger partial charge is 0.341 e. The minimum Gasteiger partial charge on any atom is -0.465 e. The number of anilines is 1. The zero-order valence-electron chi connectivity index (χ0n) is 15.4. The zero-order valence-corrected chi connectivity index (χ0v) is 16.2. The standard InChI is InChI=1S/C19H28N2O3S/c1-12-6-7-14-15(9-12)25-18(17(14)19(23)24-3)20-16(22)11-21-8-4-5-13(2)10-21/h12-13H,4-11H2,1-3H3,(H,20,22). The number of likely N-dealkylation sites (tertiary alicyclic amines) is 1. The van der Waals surface area contributed by atoms with Gasteiger partial charge < -0.3 is 10.1 Å². The van der Waals surface area contributed by atoms with Crippen LogP contribution in [-0.2, 0) is 22.4 Å². The van der Waals surface area contributed by atoms with Crippen molar-refractivity contribution in [2.75, 3.05) is 32.1 Å². The molecule has 0 bridgehead atoms. The minimum atomic E-state index is -0.339. The van der Waals surface area contributed by atoms with Crippen LogP contribution in [0.15, 0.2) is 0 Å². The zero-order chi connectivity index (χ0) is 18.0. The maximum atomic E-state index is 12.5. The van der Waals surface area contributed by atoms with Crippen molar-refractivity contribution in [1.82, 2.24) is 4.90 Å². The van der Waals surface area contributed by atoms with Crippen molar-refractivity contribution in [2.45, 2.75) is 46.0 Å². The number of thiophene rings is 1. The van der Waals surface area contributed by atoms with E-state index < -0.39 is 0 Å². The van der Waals surface area contributed by atoms with E-state index in [9.17, 15) is 9.59 Å². The quantitative estimate of drug-likeness (QED) is 0.833. The number of amides is 1. The van der Waals surface area contributed by atoms with E-state index in [1.165, 1.54) is 18.4 Å². The molecule has 1 saturated heterocycles. The van der Waals surface area contributed by atoms with Crippen LogP contribution in [0.2, 0.25) is 0 Å². The second-order valence-corrected chi connectivity index (χ2v) is 8.68. The first-order valence-electron chi connectivity index (χ1n) is 9.23. The van der Waals surface area contributed by atoms with E-state index in [1.807, 2.05) is 0 Å². The molecule has 2 unspecified atom stereocenters. The van der Waals surface area contributed by atoms with Crippen LogP contribution in [0.4, 0.5) is 5.00 Å². The largest absolute Gasteiger partial charge is 0.465 e. The van der Waals surface area contributed by atoms with Gasteiger partial charge in [0.1, 0.15) is 5.00 Å². The lowest BCUT2D eigenvalue weighted by atomic mass is 9.88. The van der Waals surface area contributed by atoms with Crippen molar-refractivity contribution in [1.29, 1.82) is 0 Å². The van der Waals surface area contributed by atoms with Crippen molar-refractivity contribution in [2.24, 2.45) is 11.8 Å². The molecule has 1 aromatic heterocycles. The van der Waals surface area contributed by atoms with E-state index >= 15 is 0 Å². The Morgan fingerprint density at radius 2 is 2.08 bits per heavy atom. The molecule has 1 aliphatic heterocycles. The van der Waals surface area contributed by atoms with Gasteiger partial charge >= 0.3 is 5.97 Å². The van der Waals surface area contributed by atoms with Crippen LogP contribution in [0, 0.1) is 11.8 Å². The predicted octanol–water partition coefficient (Wildman–Crippen LogP) is 3.33. The molecule has 1 aromatic rings. The van der Waals surface area contributed by atoms with Crippen molar-refractivity contribution in [3.63, 3.8) is 0 Å². The number of carbonyl (C=O) groups is 2. The summed E-state index contributed by atoms with van der Waals surface area (Å²) in [5.74, 6) is 0.887. The summed E-state index contributed by atoms with van der Waals surface area (Å²) in [5, 5.41) is 3.66. The third kappa shape index (κ3) is 4.23. The lowest BCUT2D eigenvalue weighted by Crippen LogP contribution is -2.39. The fourth-order valence-corrected chi connectivity index (χ4v) is 5.37. The van der Waals surface area contributed by atoms with E-state index in [1.54, 1.807) is 11.3 Å². The van der Waals surface area contributed by atoms with Crippen LogP contribution in [-0.4, -0.2) is 43.5 Å². The number of nitrogens with one attached hydrogen (secondary N) is 1. The summed E-state index contributed by atoms with van der Waals surface area (Å²) in [5.41, 5.74) is 1.66. The maximum Gasteiger partial charge on any atom is 0.341 e. The van der Waals surface area contributed by atoms with Crippen molar-refractivity contribution < 1.29 is 14.3 Å². The number of hydrogen-bond donors (Lipinski definition) is 1. The minimum absolute atomic E-state index is 0.0362. The highest BCUT2D eigenvalue weighted by molar-refractivity contribution is 7.17. The summed E-state index contributed by atoms with van der Waals surface area (Å²) in [4.78, 5) is 28.2. The Kier molecular flexibility index (Phi) is 5.79. The number of hydrogen-bond acceptors (Lipinski definition) is 5. The van der Waals surface area contributed by atoms with Crippen molar-refractivity contribution in [3.8, 4) is 0 Å². The third-order valence-corrected chi connectivity index (χ3v) is 6.43. The summed E-state index contributed by atoms with van der Waals surface area (Å²) < 4.78 is 4.98. The Bertz CT molecular complexity index is 655. The molecule has 1 N–H and O–H groups in total. The molecule has 138 valence electrons. The summed E-state index contributed by atoms with van der Waals surface area (Å²) in [6, 6.07) is 0. The molecule has 0 radical (unpaired) electrons. The third-order valence-electron chi connectivity index (χ3n) is 5.26. The van der Waals surface area contributed by atoms with Crippen molar-refractivity contribution >= 4 is 28.2 Å². The monoisotopic (exact) mass is 364 g/mol. The first-order chi connectivity index (χ1) is 12.0. The van der Waals surface area contributed by atoms with E-state index in [2.05, 4.69) is 24.1 Å². The number of fused-ring (bicyclic) bond motifs is 1. The molecule has 6 heteroatoms. The average molecular weight is 365 g/mol. The van der Waals surface area contributed by atoms with E-state index in [-0.39, 0.29) is 11.9 Å². The summed E-state index contributed by atoms with van der Waals surface area (Å²) >= 11 is 1.55. The number of piperidine rings is 1. The Morgan fingerprint density at radius 3 is 2.80 bits per heavy atom. The number of methoxy groups -OCH3 is 1. The van der Waals surface area contributed by atoms with Gasteiger partial charge in [0.25, 0.3) is 0 Å². The predicted molar refractivity (Wildman–Crippen MR) is 100 cm³/mol. The molecule has 25 heavy (non-hydrogen) atoms. The number of carbonyl (C=O) groups excluding carboxylic acids is 2. The highest BCUT2D eigenvalue weighted by atomic mass is 32.1. The molecule has 5 nitrogen and oxygen atoms in total. The van der Waals surface area contributed by atoms with Crippen LogP contribution in [0.5, 0.6) is 0 Å². The molecule has 2 aliphatic rings. The fraction of sp³-hybridized carbons (Fsp3) is 0.684. The molecule has 3 rings (SSSR count). The molecular formula is C19H28N2O3S. The van der Waals surface area contributed by atoms with Gasteiger partial charge in [0, 0.05) is 11.4 Å². The summed E-state index contributed by atoms with van der Waals surface area (Å²) in [6.07, 6.45) is 5.32. The second kappa shape index (κ2) is 7.87. The van der Waals surface area contributed by atoms with E-state index in [0.717, 1.165) is 44.3 Å². The highest BCUT2D eigenvalue weighted by Gasteiger charge is 2.29. The Labute approximate surface area is 153 Å². The van der Waals surface area contributed by atoms with Gasteiger partial charge in [-0.3, -0.25) is 9.69 Å². The van der Waals surface area contributed by atoms with Gasteiger partial charge in [-0.15, -0.1) is 11.3 Å². The van der Waals surface area contributed by atoms with Gasteiger partial charge in [-0.1, -0.05) is 13.8 Å². The van der Waals surface area contributed by atoms with Gasteiger partial charge in [0.05, 0.1) is 19.2 Å². The molecule has 1 aliphatic carbocycles. The van der Waals surface area contributed by atoms with Gasteiger partial charge in [-0.05, 0) is 56.0 Å². The van der Waals surface area contributed by atoms with Crippen LogP contribution in [0.1, 0.15) is 53.9 Å². The average Bonchev–Trinajstić information content (AvgIpc) is 2.90. The second-order valence-electron chi connectivity index (χ2n) is 7.58. The molecule has 2 atom stereocenters. The molecule has 1 fully saturated rings. The molecule has 0 aromatic carbocycles. The van der Waals surface area contributed by atoms with Gasteiger partial charge in [-0.2, -0.15) is 0 Å². The first-order valence-corrected chi connectivity index (χ1v) is 10.0. The van der Waals surface area contributed by atoms with Crippen LogP contribution in [0.3, 0.4) is 0 Å². The summed E-state index contributed by atoms with van der Waals surface area (Å²) in [6.45, 7) is 6.80. The summed E-state index contributed by atoms with van der Waals surface area (Å²) in [7, 11) is 1.40. The van der Waals surface area contributed by atoms with Crippen LogP contribution in [0.25, 0.3) is 0 Å². The van der Waals surface area contributed by atoms with Crippen LogP contribution < -0.4 is 5.32 Å². The lowest BCUT2D eigenvalue weighted by Gasteiger charge is -2.30. The van der Waals surface area contributed by atoms with E-state index in [4.69, 9.17) is 4.74 Å². The Balaban J connectivity index is 1.74. The fourth-order valence-electron chi connectivity index (χ4n) is 3.96. The van der Waals surface area contributed by atoms with Crippen LogP contribution >= 0.6 is 11.3 Å². The Hall–Kier alpha value is -1.40. The van der Waals surface area contributed by atoms with Crippen molar-refractivity contribution in [3.05, 3.63) is 16.0 Å². The number of nitrogens with zero attached hydrogens (tertiary/aromatic N) is 1. The molecule has 1 amide bonds. The molecule has 2 heterocycles. The topological polar surface area (TPSA) is 58.6 Å². The normalized spacial score (nSPS) is 23.8. The SMILES string of the molecule is COC(=O)c1c(NC(=O)CN2CCCC(C)C2)sc2c1CCC(C)C2. The molecule has 0 saturated carbocycles. The van der Waals surface area contributed by atoms with Gasteiger partial charge in [-0.25, -0.2) is 4.79 Å². The maximum absolute atomic E-state index is 12.5. The van der Waals surface area contributed by atoms with E-state index in [0.29, 0.717) is 28.9 Å². The van der Waals surface area contributed by atoms with Gasteiger partial charge in [0.2, 0.25) is 5.91 Å². The first kappa shape index (κ1) is 18.4. The molecule has 0 spiro atoms. The van der Waals surface area contributed by atoms with Gasteiger partial charge in [0.15, 0.2) is 0 Å². The molecular weight excluding hydrogens is 336 g/mol. The number of esters is 1. The number of rotatable bonds is 4. The lowest BCUT2D eigenvalue weighted by molar-refractivity contribution is -0.117. The number of ether oxygens (including phenoxy) is 1. The highest BCUT2D eigenvalue weighted by Crippen LogP contribution is 2.40. The Morgan fingerprint density at radius 1 is 1.28 bits per heavy atom.